The number of likely N-dealkylation sites (tertiary alicyclic amines) is 1. The molecule has 0 saturated carbocycles. The van der Waals surface area contributed by atoms with Gasteiger partial charge in [-0.3, -0.25) is 14.4 Å². The lowest BCUT2D eigenvalue weighted by Gasteiger charge is -2.22. The first-order valence-corrected chi connectivity index (χ1v) is 13.9. The Balaban J connectivity index is 1.60. The van der Waals surface area contributed by atoms with Crippen LogP contribution in [0.3, 0.4) is 0 Å². The maximum atomic E-state index is 13.1. The zero-order chi connectivity index (χ0) is 27.7. The Morgan fingerprint density at radius 2 is 1.95 bits per heavy atom. The fourth-order valence-electron chi connectivity index (χ4n) is 4.21. The smallest absolute Gasteiger partial charge is 0.264 e. The fraction of sp³-hybridized carbons (Fsp3) is 0.556. The minimum Gasteiger partial charge on any atom is -0.396 e. The van der Waals surface area contributed by atoms with Gasteiger partial charge in [0.1, 0.15) is 21.9 Å². The maximum absolute atomic E-state index is 13.1. The number of rotatable bonds is 12. The van der Waals surface area contributed by atoms with Crippen LogP contribution in [-0.4, -0.2) is 83.8 Å². The first kappa shape index (κ1) is 29.5. The van der Waals surface area contributed by atoms with E-state index < -0.39 is 16.6 Å². The number of hydrogen-bond acceptors (Lipinski definition) is 8. The highest BCUT2D eigenvalue weighted by atomic mass is 32.2. The number of hydrogen-bond donors (Lipinski definition) is 4. The van der Waals surface area contributed by atoms with Crippen molar-refractivity contribution >= 4 is 40.9 Å². The predicted octanol–water partition coefficient (Wildman–Crippen LogP) is 2.36. The molecule has 0 radical (unpaired) electrons. The van der Waals surface area contributed by atoms with Crippen molar-refractivity contribution in [1.29, 1.82) is 5.26 Å². The molecule has 2 fully saturated rings. The molecule has 3 amide bonds. The molecule has 2 saturated heterocycles. The van der Waals surface area contributed by atoms with Crippen molar-refractivity contribution < 1.29 is 19.5 Å². The molecule has 0 aliphatic carbocycles. The summed E-state index contributed by atoms with van der Waals surface area (Å²) in [6.45, 7) is 8.97. The summed E-state index contributed by atoms with van der Waals surface area (Å²) in [5.41, 5.74) is 0.788. The van der Waals surface area contributed by atoms with Gasteiger partial charge in [-0.25, -0.2) is 0 Å². The Morgan fingerprint density at radius 3 is 2.61 bits per heavy atom. The van der Waals surface area contributed by atoms with Crippen LogP contribution in [0.4, 0.5) is 11.4 Å². The van der Waals surface area contributed by atoms with Gasteiger partial charge in [-0.15, -0.1) is 0 Å². The number of aliphatic hydroxyl groups is 1. The summed E-state index contributed by atoms with van der Waals surface area (Å²) < 4.78 is 0. The summed E-state index contributed by atoms with van der Waals surface area (Å²) in [5, 5.41) is 27.8. The van der Waals surface area contributed by atoms with Gasteiger partial charge >= 0.3 is 0 Å². The van der Waals surface area contributed by atoms with Gasteiger partial charge < -0.3 is 30.9 Å². The van der Waals surface area contributed by atoms with Crippen LogP contribution in [0.15, 0.2) is 34.9 Å². The van der Waals surface area contributed by atoms with Gasteiger partial charge in [-0.2, -0.15) is 5.26 Å². The molecule has 0 spiro atoms. The second-order valence-corrected chi connectivity index (χ2v) is 11.5. The molecule has 10 nitrogen and oxygen atoms in total. The molecule has 3 rings (SSSR count). The van der Waals surface area contributed by atoms with E-state index in [0.717, 1.165) is 25.3 Å². The van der Waals surface area contributed by atoms with E-state index in [2.05, 4.69) is 20.9 Å². The first-order valence-electron chi connectivity index (χ1n) is 13.0. The number of carbonyl (C=O) groups is 3. The van der Waals surface area contributed by atoms with E-state index >= 15 is 0 Å². The Labute approximate surface area is 228 Å². The summed E-state index contributed by atoms with van der Waals surface area (Å²) in [4.78, 5) is 41.9. The number of nitrogens with one attached hydrogen (secondary N) is 3. The van der Waals surface area contributed by atoms with Gasteiger partial charge in [0.2, 0.25) is 11.8 Å². The van der Waals surface area contributed by atoms with Crippen molar-refractivity contribution in [3.8, 4) is 6.07 Å². The summed E-state index contributed by atoms with van der Waals surface area (Å²) in [7, 11) is 0. The first-order chi connectivity index (χ1) is 18.2. The molecule has 38 heavy (non-hydrogen) atoms. The van der Waals surface area contributed by atoms with Crippen molar-refractivity contribution in [3.63, 3.8) is 0 Å². The van der Waals surface area contributed by atoms with Gasteiger partial charge in [-0.1, -0.05) is 31.7 Å². The highest BCUT2D eigenvalue weighted by Crippen LogP contribution is 2.37. The number of amides is 3. The van der Waals surface area contributed by atoms with Crippen molar-refractivity contribution in [2.75, 3.05) is 56.5 Å². The quantitative estimate of drug-likeness (QED) is 0.233. The van der Waals surface area contributed by atoms with Crippen molar-refractivity contribution in [3.05, 3.63) is 34.9 Å². The maximum Gasteiger partial charge on any atom is 0.264 e. The minimum absolute atomic E-state index is 0.0337. The minimum atomic E-state index is -0.565. The second-order valence-electron chi connectivity index (χ2n) is 10.3. The number of carbonyl (C=O) groups excluding carboxylic acids is 3. The number of anilines is 2. The molecular weight excluding hydrogens is 504 g/mol. The predicted molar refractivity (Wildman–Crippen MR) is 149 cm³/mol. The Kier molecular flexibility index (Phi) is 10.6. The van der Waals surface area contributed by atoms with E-state index in [1.807, 2.05) is 30.3 Å². The Bertz CT molecular complexity index is 1090. The van der Waals surface area contributed by atoms with Crippen molar-refractivity contribution in [2.45, 2.75) is 45.3 Å². The summed E-state index contributed by atoms with van der Waals surface area (Å²) in [6.07, 6.45) is 2.83. The number of aliphatic hydroxyl groups excluding tert-OH is 1. The van der Waals surface area contributed by atoms with Gasteiger partial charge in [0.15, 0.2) is 0 Å². The monoisotopic (exact) mass is 542 g/mol. The van der Waals surface area contributed by atoms with Gasteiger partial charge in [0, 0.05) is 56.0 Å². The van der Waals surface area contributed by atoms with Crippen molar-refractivity contribution in [2.24, 2.45) is 5.41 Å². The molecule has 0 aromatic heterocycles. The average Bonchev–Trinajstić information content (AvgIpc) is 3.53. The normalized spacial score (nSPS) is 19.3. The highest BCUT2D eigenvalue weighted by molar-refractivity contribution is 8.04. The molecule has 1 unspecified atom stereocenters. The van der Waals surface area contributed by atoms with Crippen LogP contribution in [0, 0.1) is 16.7 Å². The van der Waals surface area contributed by atoms with Gasteiger partial charge in [-0.05, 0) is 51.1 Å². The molecular formula is C27H38N6O4S. The molecule has 2 heterocycles. The lowest BCUT2D eigenvalue weighted by Crippen LogP contribution is -2.37. The summed E-state index contributed by atoms with van der Waals surface area (Å²) in [6, 6.07) is 9.29. The van der Waals surface area contributed by atoms with Gasteiger partial charge in [0.05, 0.1) is 0 Å². The molecule has 1 aromatic carbocycles. The van der Waals surface area contributed by atoms with Crippen LogP contribution < -0.4 is 16.0 Å². The Hall–Kier alpha value is -3.07. The largest absolute Gasteiger partial charge is 0.396 e. The average molecular weight is 543 g/mol. The molecule has 11 heteroatoms. The van der Waals surface area contributed by atoms with E-state index in [-0.39, 0.29) is 37.1 Å². The van der Waals surface area contributed by atoms with Gasteiger partial charge in [0.25, 0.3) is 5.91 Å². The molecule has 2 aliphatic heterocycles. The molecule has 4 N–H and O–H groups in total. The molecule has 0 bridgehead atoms. The van der Waals surface area contributed by atoms with E-state index in [4.69, 9.17) is 0 Å². The zero-order valence-electron chi connectivity index (χ0n) is 22.4. The Morgan fingerprint density at radius 1 is 1.24 bits per heavy atom. The standard InChI is InChI=1S/C27H38N6O4S/c1-4-33-25(37)22(38-26(33)21(15-28)24(36)30-17-27(2,3)18-34)16-29-19-8-7-9-20(14-19)31-23(35)10-13-32-11-5-6-12-32/h7-9,14,22,29,34H,4-6,10-13,16-18H2,1-3H3,(H,30,36)(H,31,35)/b26-21-. The molecule has 1 atom stereocenters. The highest BCUT2D eigenvalue weighted by Gasteiger charge is 2.39. The third-order valence-electron chi connectivity index (χ3n) is 6.56. The van der Waals surface area contributed by atoms with Crippen LogP contribution >= 0.6 is 11.8 Å². The molecule has 1 aromatic rings. The van der Waals surface area contributed by atoms with Crippen LogP contribution in [-0.2, 0) is 14.4 Å². The zero-order valence-corrected chi connectivity index (χ0v) is 23.2. The molecule has 206 valence electrons. The lowest BCUT2D eigenvalue weighted by molar-refractivity contribution is -0.127. The third-order valence-corrected chi connectivity index (χ3v) is 7.86. The topological polar surface area (TPSA) is 138 Å². The van der Waals surface area contributed by atoms with Crippen LogP contribution in [0.2, 0.25) is 0 Å². The SMILES string of the molecule is CCN1C(=O)C(CNc2cccc(NC(=O)CCN3CCCC3)c2)S/C1=C(/C#N)C(=O)NCC(C)(C)CO. The summed E-state index contributed by atoms with van der Waals surface area (Å²) in [5.74, 6) is -0.777. The number of nitriles is 1. The third kappa shape index (κ3) is 7.96. The van der Waals surface area contributed by atoms with E-state index in [1.54, 1.807) is 20.8 Å². The van der Waals surface area contributed by atoms with E-state index in [9.17, 15) is 24.8 Å². The molecule has 2 aliphatic rings. The van der Waals surface area contributed by atoms with E-state index in [1.165, 1.54) is 29.5 Å². The van der Waals surface area contributed by atoms with Crippen LogP contribution in [0.1, 0.15) is 40.0 Å². The number of nitrogens with zero attached hydrogens (tertiary/aromatic N) is 3. The number of thioether (sulfide) groups is 1. The van der Waals surface area contributed by atoms with Crippen molar-refractivity contribution in [1.82, 2.24) is 15.1 Å². The summed E-state index contributed by atoms with van der Waals surface area (Å²) >= 11 is 1.19. The van der Waals surface area contributed by atoms with Crippen LogP contribution in [0.5, 0.6) is 0 Å². The fourth-order valence-corrected chi connectivity index (χ4v) is 5.48. The van der Waals surface area contributed by atoms with Crippen LogP contribution in [0.25, 0.3) is 0 Å². The number of benzene rings is 1. The second kappa shape index (κ2) is 13.6. The lowest BCUT2D eigenvalue weighted by atomic mass is 9.95. The van der Waals surface area contributed by atoms with E-state index in [0.29, 0.717) is 23.7 Å².